The van der Waals surface area contributed by atoms with E-state index in [4.69, 9.17) is 0 Å². The van der Waals surface area contributed by atoms with Crippen LogP contribution in [0.25, 0.3) is 0 Å². The van der Waals surface area contributed by atoms with Gasteiger partial charge in [0.25, 0.3) is 0 Å². The molecule has 0 spiro atoms. The Bertz CT molecular complexity index is 693. The summed E-state index contributed by atoms with van der Waals surface area (Å²) in [5.41, 5.74) is 0. The largest absolute Gasteiger partial charge is 0.330 e. The maximum Gasteiger partial charge on any atom is 0.330 e. The number of nitrogens with zero attached hydrogens (tertiary/aromatic N) is 5. The monoisotopic (exact) mass is 375 g/mol. The molecule has 22 heavy (non-hydrogen) atoms. The first-order valence-corrected chi connectivity index (χ1v) is 11.8. The van der Waals surface area contributed by atoms with Crippen molar-refractivity contribution in [2.45, 2.75) is 38.5 Å². The zero-order valence-corrected chi connectivity index (χ0v) is 14.7. The van der Waals surface area contributed by atoms with Crippen LogP contribution in [0.5, 0.6) is 0 Å². The van der Waals surface area contributed by atoms with Crippen LogP contribution in [-0.2, 0) is 20.6 Å². The maximum absolute atomic E-state index is 14.1. The second-order valence-electron chi connectivity index (χ2n) is 5.67. The van der Waals surface area contributed by atoms with Crippen molar-refractivity contribution in [2.24, 2.45) is 12.1 Å². The average molecular weight is 375 g/mol. The van der Waals surface area contributed by atoms with E-state index in [0.29, 0.717) is 26.2 Å². The molecule has 7 nitrogen and oxygen atoms in total. The van der Waals surface area contributed by atoms with Gasteiger partial charge in [-0.15, -0.1) is 16.1 Å². The molecule has 3 aliphatic heterocycles. The molecule has 2 atom stereocenters. The summed E-state index contributed by atoms with van der Waals surface area (Å²) in [7, 11) is -12.6. The van der Waals surface area contributed by atoms with Crippen molar-refractivity contribution in [3.63, 3.8) is 0 Å². The number of halogens is 2. The molecular weight excluding hydrogens is 355 g/mol. The number of hydrogen-bond donors (Lipinski definition) is 0. The van der Waals surface area contributed by atoms with Crippen LogP contribution in [0.4, 0.5) is 7.77 Å². The fourth-order valence-corrected chi connectivity index (χ4v) is 11.0. The van der Waals surface area contributed by atoms with Gasteiger partial charge in [0.1, 0.15) is 0 Å². The summed E-state index contributed by atoms with van der Waals surface area (Å²) in [5, 5.41) is 0. The minimum atomic E-state index is -4.67. The SMILES string of the molecule is O=S1(F)=NP(N2CCCCC2)(N2CCCCC2)=NS(=O)(F)=N1. The molecule has 0 aliphatic carbocycles. The second-order valence-corrected chi connectivity index (χ2v) is 11.5. The van der Waals surface area contributed by atoms with E-state index in [0.717, 1.165) is 38.5 Å². The van der Waals surface area contributed by atoms with E-state index >= 15 is 0 Å². The smallest absolute Gasteiger partial charge is 0.239 e. The van der Waals surface area contributed by atoms with Crippen molar-refractivity contribution in [2.75, 3.05) is 26.2 Å². The summed E-state index contributed by atoms with van der Waals surface area (Å²) >= 11 is 0. The summed E-state index contributed by atoms with van der Waals surface area (Å²) in [6.45, 7) is 2.29. The van der Waals surface area contributed by atoms with Crippen LogP contribution in [0.2, 0.25) is 0 Å². The summed E-state index contributed by atoms with van der Waals surface area (Å²) in [4.78, 5) is 0. The molecule has 3 aliphatic rings. The standard InChI is InChI=1S/C10H20F2N5O2PS2/c11-21(18)13-20(14-22(12,19)15-21,16-7-3-1-4-8-16)17-9-5-2-6-10-17/h1-10H2. The molecule has 2 fully saturated rings. The lowest BCUT2D eigenvalue weighted by atomic mass is 10.2. The molecule has 2 unspecified atom stereocenters. The molecular formula is C10H20F2N5O2PS2. The normalized spacial score (nSPS) is 40.3. The average Bonchev–Trinajstić information content (AvgIpc) is 2.46. The van der Waals surface area contributed by atoms with Crippen LogP contribution < -0.4 is 0 Å². The molecule has 3 heterocycles. The molecule has 0 bridgehead atoms. The van der Waals surface area contributed by atoms with Gasteiger partial charge in [-0.2, -0.15) is 8.42 Å². The van der Waals surface area contributed by atoms with Gasteiger partial charge in [0.05, 0.1) is 0 Å². The minimum Gasteiger partial charge on any atom is -0.239 e. The van der Waals surface area contributed by atoms with Gasteiger partial charge in [-0.25, -0.2) is 9.34 Å². The second kappa shape index (κ2) is 6.08. The van der Waals surface area contributed by atoms with Gasteiger partial charge < -0.3 is 0 Å². The quantitative estimate of drug-likeness (QED) is 0.547. The molecule has 0 aromatic heterocycles. The summed E-state index contributed by atoms with van der Waals surface area (Å²) in [6, 6.07) is 0. The van der Waals surface area contributed by atoms with E-state index in [2.05, 4.69) is 12.1 Å². The first-order valence-electron chi connectivity index (χ1n) is 7.44. The van der Waals surface area contributed by atoms with Crippen molar-refractivity contribution >= 4 is 28.1 Å². The lowest BCUT2D eigenvalue weighted by Gasteiger charge is -2.43. The molecule has 0 aromatic carbocycles. The van der Waals surface area contributed by atoms with Crippen molar-refractivity contribution in [1.82, 2.24) is 9.34 Å². The van der Waals surface area contributed by atoms with E-state index in [-0.39, 0.29) is 0 Å². The van der Waals surface area contributed by atoms with Crippen molar-refractivity contribution in [3.05, 3.63) is 0 Å². The molecule has 2 saturated heterocycles. The third-order valence-electron chi connectivity index (χ3n) is 4.03. The van der Waals surface area contributed by atoms with Gasteiger partial charge in [0, 0.05) is 26.2 Å². The summed E-state index contributed by atoms with van der Waals surface area (Å²) in [6.07, 6.45) is 5.49. The maximum atomic E-state index is 14.1. The third-order valence-corrected chi connectivity index (χ3v) is 11.2. The zero-order chi connectivity index (χ0) is 15.8. The predicted octanol–water partition coefficient (Wildman–Crippen LogP) is 3.45. The Morgan fingerprint density at radius 3 is 1.64 bits per heavy atom. The minimum absolute atomic E-state index is 0.572. The Balaban J connectivity index is 2.17. The zero-order valence-electron chi connectivity index (χ0n) is 12.1. The van der Waals surface area contributed by atoms with E-state index in [1.807, 2.05) is 0 Å². The van der Waals surface area contributed by atoms with E-state index in [9.17, 15) is 16.2 Å². The predicted molar refractivity (Wildman–Crippen MR) is 83.6 cm³/mol. The molecule has 0 amide bonds. The summed E-state index contributed by atoms with van der Waals surface area (Å²) in [5.74, 6) is 0. The molecule has 3 rings (SSSR count). The van der Waals surface area contributed by atoms with Gasteiger partial charge in [-0.3, -0.25) is 0 Å². The van der Waals surface area contributed by atoms with E-state index in [1.54, 1.807) is 9.34 Å². The van der Waals surface area contributed by atoms with Crippen molar-refractivity contribution in [3.8, 4) is 0 Å². The Hall–Kier alpha value is -0.0900. The first kappa shape index (κ1) is 16.8. The van der Waals surface area contributed by atoms with Crippen LogP contribution in [-0.4, -0.2) is 43.9 Å². The van der Waals surface area contributed by atoms with Gasteiger partial charge >= 0.3 is 20.6 Å². The van der Waals surface area contributed by atoms with Crippen molar-refractivity contribution in [1.29, 1.82) is 0 Å². The highest BCUT2D eigenvalue weighted by Crippen LogP contribution is 2.63. The van der Waals surface area contributed by atoms with Gasteiger partial charge in [0.15, 0.2) is 0 Å². The molecule has 0 saturated carbocycles. The van der Waals surface area contributed by atoms with E-state index in [1.165, 1.54) is 0 Å². The first-order chi connectivity index (χ1) is 10.3. The molecule has 0 N–H and O–H groups in total. The Kier molecular flexibility index (Phi) is 4.63. The van der Waals surface area contributed by atoms with Crippen LogP contribution in [0.1, 0.15) is 38.5 Å². The summed E-state index contributed by atoms with van der Waals surface area (Å²) < 4.78 is 65.5. The highest BCUT2D eigenvalue weighted by Gasteiger charge is 2.42. The van der Waals surface area contributed by atoms with E-state index < -0.39 is 28.1 Å². The van der Waals surface area contributed by atoms with Crippen LogP contribution in [0.15, 0.2) is 12.1 Å². The number of piperidine rings is 2. The molecule has 128 valence electrons. The Labute approximate surface area is 130 Å². The van der Waals surface area contributed by atoms with Gasteiger partial charge in [-0.1, -0.05) is 16.6 Å². The topological polar surface area (TPSA) is 77.7 Å². The highest BCUT2D eigenvalue weighted by atomic mass is 32.3. The molecule has 0 aromatic rings. The van der Waals surface area contributed by atoms with Crippen LogP contribution in [0.3, 0.4) is 0 Å². The lowest BCUT2D eigenvalue weighted by molar-refractivity contribution is 0.304. The third kappa shape index (κ3) is 3.38. The number of rotatable bonds is 2. The molecule has 0 radical (unpaired) electrons. The Morgan fingerprint density at radius 1 is 0.773 bits per heavy atom. The fraction of sp³-hybridized carbons (Fsp3) is 1.00. The van der Waals surface area contributed by atoms with Gasteiger partial charge in [0.2, 0.25) is 7.51 Å². The number of hydrogen-bond acceptors (Lipinski definition) is 5. The fourth-order valence-electron chi connectivity index (χ4n) is 3.10. The highest BCUT2D eigenvalue weighted by molar-refractivity contribution is 8.04. The van der Waals surface area contributed by atoms with Crippen molar-refractivity contribution < 1.29 is 16.2 Å². The molecule has 12 heteroatoms. The van der Waals surface area contributed by atoms with Crippen LogP contribution in [0, 0.1) is 0 Å². The lowest BCUT2D eigenvalue weighted by Crippen LogP contribution is -2.38. The Morgan fingerprint density at radius 2 is 1.23 bits per heavy atom. The van der Waals surface area contributed by atoms with Crippen LogP contribution >= 0.6 is 7.51 Å². The van der Waals surface area contributed by atoms with Gasteiger partial charge in [-0.05, 0) is 25.7 Å².